The molecular weight excluding hydrogens is 1040 g/mol. The maximum absolute atomic E-state index is 16.6. The lowest BCUT2D eigenvalue weighted by atomic mass is 9.87. The number of rotatable bonds is 10. The molecule has 8 aliphatic heterocycles. The van der Waals surface area contributed by atoms with Crippen LogP contribution in [-0.4, -0.2) is 153 Å². The second-order valence-corrected chi connectivity index (χ2v) is 24.8. The molecule has 16 rings (SSSR count). The minimum Gasteiger partial charge on any atom is -0.508 e. The first-order valence-corrected chi connectivity index (χ1v) is 29.7. The van der Waals surface area contributed by atoms with E-state index in [2.05, 4.69) is 39.5 Å². The lowest BCUT2D eigenvalue weighted by molar-refractivity contribution is 0.00611. The van der Waals surface area contributed by atoms with Gasteiger partial charge in [0, 0.05) is 73.6 Å². The number of aromatic hydroxyl groups is 2. The summed E-state index contributed by atoms with van der Waals surface area (Å²) >= 11 is 0. The standard InChI is InChI=1S/2C32H34FN5O3/c33-26-27(24-16-22(39)15-21-5-1-2-6-23(21)24)34-17-25-28(26)35-30(41-20-32-7-3-11-38(32)12-4-8-32)36-29(25)37-13-9-31(18-37)10-14-40-19-31;33-27-28(25-13-23(39)12-22-5-1-2-6-24(22)25)34-14-26-29(27)35-31(41-19-32-7-3-9-38(32)10-4-8-32)36-30(26)37-15-20-11-21(16-37)18-40-17-20/h1-2,5-6,15-17,39H,3-4,7-14,18-20H2;1-2,5-6,12-14,20-21,39H,3-4,7-11,15-19H2. The summed E-state index contributed by atoms with van der Waals surface area (Å²) in [5.74, 6) is 1.22. The van der Waals surface area contributed by atoms with E-state index < -0.39 is 11.6 Å². The quantitative estimate of drug-likeness (QED) is 0.133. The maximum Gasteiger partial charge on any atom is 0.319 e. The Morgan fingerprint density at radius 3 is 1.56 bits per heavy atom. The van der Waals surface area contributed by atoms with Crippen molar-refractivity contribution >= 4 is 55.0 Å². The number of aromatic nitrogens is 6. The van der Waals surface area contributed by atoms with Gasteiger partial charge in [-0.05, 0) is 143 Å². The molecule has 12 heterocycles. The Hall–Kier alpha value is -7.12. The molecule has 424 valence electrons. The molecule has 2 bridgehead atoms. The van der Waals surface area contributed by atoms with E-state index in [9.17, 15) is 10.2 Å². The van der Waals surface area contributed by atoms with Crippen molar-refractivity contribution in [3.8, 4) is 46.0 Å². The highest BCUT2D eigenvalue weighted by Crippen LogP contribution is 2.46. The Morgan fingerprint density at radius 2 is 1.06 bits per heavy atom. The van der Waals surface area contributed by atoms with Crippen molar-refractivity contribution in [1.82, 2.24) is 39.7 Å². The Balaban J connectivity index is 0.000000140. The minimum atomic E-state index is -0.536. The Morgan fingerprint density at radius 1 is 0.561 bits per heavy atom. The number of halogens is 2. The smallest absolute Gasteiger partial charge is 0.319 e. The Bertz CT molecular complexity index is 3760. The van der Waals surface area contributed by atoms with Crippen molar-refractivity contribution in [3.05, 3.63) is 96.8 Å². The third-order valence-corrected chi connectivity index (χ3v) is 19.6. The van der Waals surface area contributed by atoms with Gasteiger partial charge >= 0.3 is 12.0 Å². The van der Waals surface area contributed by atoms with Crippen molar-refractivity contribution in [3.63, 3.8) is 0 Å². The van der Waals surface area contributed by atoms with Gasteiger partial charge in [0.1, 0.15) is 58.8 Å². The third kappa shape index (κ3) is 9.15. The second kappa shape index (κ2) is 20.6. The molecule has 2 N–H and O–H groups in total. The molecule has 8 fully saturated rings. The monoisotopic (exact) mass is 1110 g/mol. The van der Waals surface area contributed by atoms with Crippen molar-refractivity contribution in [1.29, 1.82) is 0 Å². The minimum absolute atomic E-state index is 0.0276. The van der Waals surface area contributed by atoms with Crippen LogP contribution in [0, 0.1) is 28.9 Å². The molecule has 18 heteroatoms. The van der Waals surface area contributed by atoms with Crippen molar-refractivity contribution in [2.75, 3.05) is 102 Å². The van der Waals surface area contributed by atoms with Crippen LogP contribution < -0.4 is 19.3 Å². The van der Waals surface area contributed by atoms with E-state index in [1.165, 1.54) is 25.7 Å². The van der Waals surface area contributed by atoms with Crippen LogP contribution in [0.5, 0.6) is 23.5 Å². The first-order chi connectivity index (χ1) is 40.1. The van der Waals surface area contributed by atoms with Gasteiger partial charge < -0.3 is 39.0 Å². The van der Waals surface area contributed by atoms with Crippen LogP contribution >= 0.6 is 0 Å². The fraction of sp³-hybridized carbons (Fsp3) is 0.469. The molecule has 1 spiro atoms. The molecule has 8 saturated heterocycles. The summed E-state index contributed by atoms with van der Waals surface area (Å²) in [4.78, 5) is 37.9. The largest absolute Gasteiger partial charge is 0.508 e. The number of phenols is 2. The lowest BCUT2D eigenvalue weighted by Crippen LogP contribution is -2.47. The zero-order chi connectivity index (χ0) is 55.2. The molecule has 8 aromatic rings. The summed E-state index contributed by atoms with van der Waals surface area (Å²) < 4.78 is 57.5. The lowest BCUT2D eigenvalue weighted by Gasteiger charge is -2.42. The summed E-state index contributed by atoms with van der Waals surface area (Å²) in [6.45, 7) is 11.6. The van der Waals surface area contributed by atoms with E-state index in [1.807, 2.05) is 48.5 Å². The summed E-state index contributed by atoms with van der Waals surface area (Å²) in [5.41, 5.74) is 1.91. The molecule has 0 aliphatic carbocycles. The number of nitrogens with zero attached hydrogens (tertiary/aromatic N) is 10. The highest BCUT2D eigenvalue weighted by atomic mass is 19.1. The Kier molecular flexibility index (Phi) is 13.0. The first kappa shape index (κ1) is 51.7. The number of piperidine rings is 1. The van der Waals surface area contributed by atoms with E-state index in [-0.39, 0.29) is 62.4 Å². The molecule has 0 amide bonds. The van der Waals surface area contributed by atoms with Crippen LogP contribution in [0.1, 0.15) is 70.6 Å². The van der Waals surface area contributed by atoms with E-state index in [4.69, 9.17) is 28.9 Å². The summed E-state index contributed by atoms with van der Waals surface area (Å²) in [6, 6.07) is 22.1. The van der Waals surface area contributed by atoms with E-state index >= 15 is 8.78 Å². The molecule has 3 unspecified atom stereocenters. The van der Waals surface area contributed by atoms with Gasteiger partial charge in [0.05, 0.1) is 41.7 Å². The molecule has 4 aromatic carbocycles. The maximum atomic E-state index is 16.6. The normalized spacial score (nSPS) is 23.8. The number of ether oxygens (including phenoxy) is 4. The second-order valence-electron chi connectivity index (χ2n) is 24.8. The van der Waals surface area contributed by atoms with Gasteiger partial charge in [-0.15, -0.1) is 0 Å². The first-order valence-electron chi connectivity index (χ1n) is 29.7. The van der Waals surface area contributed by atoms with Gasteiger partial charge in [-0.1, -0.05) is 48.5 Å². The molecular formula is C64H68F2N10O6. The number of fused-ring (bicyclic) bond motifs is 8. The number of anilines is 2. The predicted molar refractivity (Wildman–Crippen MR) is 310 cm³/mol. The van der Waals surface area contributed by atoms with E-state index in [1.54, 1.807) is 36.7 Å². The molecule has 4 aromatic heterocycles. The number of benzene rings is 4. The predicted octanol–water partition coefficient (Wildman–Crippen LogP) is 10.5. The molecule has 3 atom stereocenters. The van der Waals surface area contributed by atoms with Crippen molar-refractivity contribution in [2.45, 2.75) is 81.7 Å². The summed E-state index contributed by atoms with van der Waals surface area (Å²) in [7, 11) is 0. The summed E-state index contributed by atoms with van der Waals surface area (Å²) in [6.07, 6.45) is 15.7. The zero-order valence-corrected chi connectivity index (χ0v) is 46.2. The fourth-order valence-electron chi connectivity index (χ4n) is 15.6. The number of hydrogen-bond acceptors (Lipinski definition) is 16. The van der Waals surface area contributed by atoms with Gasteiger partial charge in [0.25, 0.3) is 0 Å². The average molecular weight is 1110 g/mol. The number of phenolic OH excluding ortho intramolecular Hbond substituents is 2. The van der Waals surface area contributed by atoms with Crippen LogP contribution in [0.15, 0.2) is 85.2 Å². The molecule has 16 nitrogen and oxygen atoms in total. The van der Waals surface area contributed by atoms with Crippen LogP contribution in [0.2, 0.25) is 0 Å². The topological polar surface area (TPSA) is 168 Å². The van der Waals surface area contributed by atoms with Crippen molar-refractivity contribution < 1.29 is 37.9 Å². The van der Waals surface area contributed by atoms with Gasteiger partial charge in [0.2, 0.25) is 0 Å². The van der Waals surface area contributed by atoms with Crippen LogP contribution in [-0.2, 0) is 9.47 Å². The van der Waals surface area contributed by atoms with Crippen LogP contribution in [0.4, 0.5) is 20.4 Å². The average Bonchev–Trinajstić information content (AvgIpc) is 3.67. The number of hydrogen-bond donors (Lipinski definition) is 2. The SMILES string of the molecule is Oc1cc(-c2ncc3c(N4CC5COCC(C5)C4)nc(OCC45CCCN4CCC5)nc3c2F)c2ccccc2c1.Oc1cc(-c2ncc3c(N4CCC5(CCOC5)C4)nc(OCC45CCCN4CCC5)nc3c2F)c2ccccc2c1. The Labute approximate surface area is 474 Å². The van der Waals surface area contributed by atoms with Crippen LogP contribution in [0.25, 0.3) is 65.9 Å². The van der Waals surface area contributed by atoms with Gasteiger partial charge in [-0.2, -0.15) is 19.9 Å². The van der Waals surface area contributed by atoms with Gasteiger partial charge in [-0.3, -0.25) is 19.8 Å². The van der Waals surface area contributed by atoms with Gasteiger partial charge in [0.15, 0.2) is 11.6 Å². The highest BCUT2D eigenvalue weighted by Gasteiger charge is 2.47. The molecule has 0 saturated carbocycles. The molecule has 82 heavy (non-hydrogen) atoms. The molecule has 0 radical (unpaired) electrons. The number of pyridine rings is 2. The highest BCUT2D eigenvalue weighted by molar-refractivity contribution is 6.01. The molecule has 8 aliphatic rings. The van der Waals surface area contributed by atoms with Crippen molar-refractivity contribution in [2.24, 2.45) is 17.3 Å². The van der Waals surface area contributed by atoms with E-state index in [0.717, 1.165) is 145 Å². The third-order valence-electron chi connectivity index (χ3n) is 19.6. The van der Waals surface area contributed by atoms with Gasteiger partial charge in [-0.25, -0.2) is 8.78 Å². The van der Waals surface area contributed by atoms with Crippen LogP contribution in [0.3, 0.4) is 0 Å². The summed E-state index contributed by atoms with van der Waals surface area (Å²) in [5, 5.41) is 25.3. The fourth-order valence-corrected chi connectivity index (χ4v) is 15.6. The zero-order valence-electron chi connectivity index (χ0n) is 46.2. The van der Waals surface area contributed by atoms with E-state index in [0.29, 0.717) is 58.6 Å².